The number of nitrogens with zero attached hydrogens (tertiary/aromatic N) is 1. The summed E-state index contributed by atoms with van der Waals surface area (Å²) in [4.78, 5) is 4.38. The van der Waals surface area contributed by atoms with Gasteiger partial charge in [0.1, 0.15) is 10.7 Å². The molecule has 0 radical (unpaired) electrons. The maximum atomic E-state index is 13.3. The molecular weight excluding hydrogens is 327 g/mol. The summed E-state index contributed by atoms with van der Waals surface area (Å²) in [5.74, 6) is -0.289. The largest absolute Gasteiger partial charge is 0.255 e. The second-order valence-electron chi connectivity index (χ2n) is 6.71. The fourth-order valence-electron chi connectivity index (χ4n) is 3.56. The van der Waals surface area contributed by atoms with Gasteiger partial charge in [-0.05, 0) is 72.1 Å². The molecule has 124 valence electrons. The zero-order chi connectivity index (χ0) is 16.9. The average molecular weight is 344 g/mol. The van der Waals surface area contributed by atoms with Crippen LogP contribution >= 0.6 is 0 Å². The van der Waals surface area contributed by atoms with Gasteiger partial charge in [-0.25, -0.2) is 17.9 Å². The molecule has 2 aliphatic carbocycles. The Morgan fingerprint density at radius 1 is 1.04 bits per heavy atom. The smallest absolute Gasteiger partial charge is 0.240 e. The zero-order valence-corrected chi connectivity index (χ0v) is 13.8. The lowest BCUT2D eigenvalue weighted by Crippen LogP contribution is -2.15. The molecule has 2 aliphatic rings. The first-order valence-electron chi connectivity index (χ1n) is 7.84. The molecule has 0 atom stereocenters. The summed E-state index contributed by atoms with van der Waals surface area (Å²) in [6.07, 6.45) is 5.49. The van der Waals surface area contributed by atoms with Crippen LogP contribution in [0.25, 0.3) is 11.1 Å². The lowest BCUT2D eigenvalue weighted by molar-refractivity contribution is 0.566. The Bertz CT molecular complexity index is 945. The van der Waals surface area contributed by atoms with Crippen LogP contribution in [-0.4, -0.2) is 13.4 Å². The molecule has 0 aliphatic heterocycles. The van der Waals surface area contributed by atoms with Crippen LogP contribution in [0.2, 0.25) is 0 Å². The van der Waals surface area contributed by atoms with Crippen LogP contribution in [0.5, 0.6) is 0 Å². The van der Waals surface area contributed by atoms with E-state index < -0.39 is 10.0 Å². The number of aromatic nitrogens is 1. The molecule has 1 aromatic carbocycles. The van der Waals surface area contributed by atoms with Crippen LogP contribution in [0, 0.1) is 11.2 Å². The molecule has 1 saturated carbocycles. The highest BCUT2D eigenvalue weighted by atomic mass is 32.2. The third kappa shape index (κ3) is 2.65. The Labute approximate surface area is 140 Å². The molecule has 0 saturated heterocycles. The van der Waals surface area contributed by atoms with Gasteiger partial charge < -0.3 is 0 Å². The highest BCUT2D eigenvalue weighted by molar-refractivity contribution is 7.89. The normalized spacial score (nSPS) is 19.1. The summed E-state index contributed by atoms with van der Waals surface area (Å²) >= 11 is 0. The fraction of sp³-hybridized carbons (Fsp3) is 0.278. The van der Waals surface area contributed by atoms with Crippen molar-refractivity contribution < 1.29 is 12.8 Å². The molecule has 24 heavy (non-hydrogen) atoms. The van der Waals surface area contributed by atoms with Crippen LogP contribution in [0.15, 0.2) is 47.5 Å². The topological polar surface area (TPSA) is 73.1 Å². The number of benzene rings is 1. The van der Waals surface area contributed by atoms with E-state index >= 15 is 0 Å². The number of hydrogen-bond donors (Lipinski definition) is 1. The molecular formula is C18H17FN2O2S. The molecule has 4 nitrogen and oxygen atoms in total. The van der Waals surface area contributed by atoms with Crippen molar-refractivity contribution >= 4 is 21.2 Å². The number of nitrogens with two attached hydrogens (primary N) is 1. The molecule has 1 spiro atoms. The summed E-state index contributed by atoms with van der Waals surface area (Å²) < 4.78 is 37.1. The third-order valence-corrected chi connectivity index (χ3v) is 5.92. The first-order valence-corrected chi connectivity index (χ1v) is 9.39. The van der Waals surface area contributed by atoms with Gasteiger partial charge in [0.05, 0.1) is 5.69 Å². The highest BCUT2D eigenvalue weighted by Gasteiger charge is 2.49. The molecule has 4 rings (SSSR count). The van der Waals surface area contributed by atoms with E-state index in [1.54, 1.807) is 24.4 Å². The Morgan fingerprint density at radius 2 is 1.71 bits per heavy atom. The second-order valence-corrected chi connectivity index (χ2v) is 8.24. The summed E-state index contributed by atoms with van der Waals surface area (Å²) in [6, 6.07) is 9.40. The molecule has 0 amide bonds. The maximum absolute atomic E-state index is 13.3. The second kappa shape index (κ2) is 5.22. The van der Waals surface area contributed by atoms with Crippen LogP contribution < -0.4 is 5.14 Å². The summed E-state index contributed by atoms with van der Waals surface area (Å²) in [6.45, 7) is 0. The van der Waals surface area contributed by atoms with Crippen LogP contribution in [-0.2, 0) is 10.0 Å². The van der Waals surface area contributed by atoms with Crippen molar-refractivity contribution in [3.63, 3.8) is 0 Å². The molecule has 2 aromatic rings. The maximum Gasteiger partial charge on any atom is 0.240 e. The van der Waals surface area contributed by atoms with E-state index in [1.807, 2.05) is 0 Å². The van der Waals surface area contributed by atoms with Crippen LogP contribution in [0.1, 0.15) is 36.9 Å². The lowest BCUT2D eigenvalue weighted by atomic mass is 9.99. The van der Waals surface area contributed by atoms with E-state index in [4.69, 9.17) is 5.14 Å². The van der Waals surface area contributed by atoms with Gasteiger partial charge in [0.25, 0.3) is 0 Å². The quantitative estimate of drug-likeness (QED) is 0.928. The van der Waals surface area contributed by atoms with Crippen molar-refractivity contribution in [2.75, 3.05) is 0 Å². The van der Waals surface area contributed by atoms with Gasteiger partial charge in [-0.1, -0.05) is 12.1 Å². The van der Waals surface area contributed by atoms with Gasteiger partial charge in [-0.3, -0.25) is 4.98 Å². The van der Waals surface area contributed by atoms with E-state index in [0.29, 0.717) is 5.69 Å². The number of allylic oxidation sites excluding steroid dienone is 2. The van der Waals surface area contributed by atoms with Gasteiger partial charge in [0, 0.05) is 6.20 Å². The predicted octanol–water partition coefficient (Wildman–Crippen LogP) is 3.35. The number of halogens is 1. The highest BCUT2D eigenvalue weighted by Crippen LogP contribution is 2.63. The third-order valence-electron chi connectivity index (χ3n) is 4.98. The van der Waals surface area contributed by atoms with Gasteiger partial charge in [0.15, 0.2) is 0 Å². The van der Waals surface area contributed by atoms with E-state index in [9.17, 15) is 12.8 Å². The minimum absolute atomic E-state index is 0.0531. The van der Waals surface area contributed by atoms with Gasteiger partial charge in [-0.2, -0.15) is 0 Å². The van der Waals surface area contributed by atoms with Crippen molar-refractivity contribution in [2.24, 2.45) is 10.6 Å². The van der Waals surface area contributed by atoms with Gasteiger partial charge in [0.2, 0.25) is 10.0 Å². The van der Waals surface area contributed by atoms with E-state index in [2.05, 4.69) is 4.98 Å². The number of hydrogen-bond acceptors (Lipinski definition) is 3. The Balaban J connectivity index is 1.90. The fourth-order valence-corrected chi connectivity index (χ4v) is 4.27. The number of rotatable bonds is 3. The Hall–Kier alpha value is -2.05. The minimum atomic E-state index is -3.86. The Morgan fingerprint density at radius 3 is 2.33 bits per heavy atom. The average Bonchev–Trinajstić information content (AvgIpc) is 3.19. The van der Waals surface area contributed by atoms with Crippen LogP contribution in [0.3, 0.4) is 0 Å². The lowest BCUT2D eigenvalue weighted by Gasteiger charge is -2.11. The van der Waals surface area contributed by atoms with Crippen molar-refractivity contribution in [1.29, 1.82) is 0 Å². The van der Waals surface area contributed by atoms with Crippen molar-refractivity contribution in [1.82, 2.24) is 4.98 Å². The number of primary sulfonamides is 1. The van der Waals surface area contributed by atoms with E-state index in [1.165, 1.54) is 18.2 Å². The minimum Gasteiger partial charge on any atom is -0.255 e. The molecule has 1 heterocycles. The predicted molar refractivity (Wildman–Crippen MR) is 89.7 cm³/mol. The molecule has 0 bridgehead atoms. The molecule has 6 heteroatoms. The van der Waals surface area contributed by atoms with Crippen molar-refractivity contribution in [2.45, 2.75) is 30.6 Å². The SMILES string of the molecule is NS(=O)(=O)c1cccnc1C1=C(c2ccc(F)cc2)CC2(CC2)C1. The summed E-state index contributed by atoms with van der Waals surface area (Å²) in [5, 5.41) is 5.37. The number of pyridine rings is 1. The zero-order valence-electron chi connectivity index (χ0n) is 13.0. The number of sulfonamides is 1. The summed E-state index contributed by atoms with van der Waals surface area (Å²) in [5.41, 5.74) is 3.54. The standard InChI is InChI=1S/C18H17FN2O2S/c19-13-5-3-12(4-6-13)14-10-18(7-8-18)11-15(14)17-16(24(20,22)23)2-1-9-21-17/h1-6,9H,7-8,10-11H2,(H2,20,22,23). The van der Waals surface area contributed by atoms with Crippen molar-refractivity contribution in [3.8, 4) is 0 Å². The summed E-state index contributed by atoms with van der Waals surface area (Å²) in [7, 11) is -3.86. The Kier molecular flexibility index (Phi) is 3.37. The van der Waals surface area contributed by atoms with Gasteiger partial charge in [-0.15, -0.1) is 0 Å². The molecule has 1 aromatic heterocycles. The first kappa shape index (κ1) is 15.5. The van der Waals surface area contributed by atoms with E-state index in [-0.39, 0.29) is 16.1 Å². The monoisotopic (exact) mass is 344 g/mol. The molecule has 0 unspecified atom stereocenters. The molecule has 1 fully saturated rings. The first-order chi connectivity index (χ1) is 11.4. The van der Waals surface area contributed by atoms with Gasteiger partial charge >= 0.3 is 0 Å². The molecule has 2 N–H and O–H groups in total. The van der Waals surface area contributed by atoms with E-state index in [0.717, 1.165) is 42.4 Å². The van der Waals surface area contributed by atoms with Crippen LogP contribution in [0.4, 0.5) is 4.39 Å². The van der Waals surface area contributed by atoms with Crippen molar-refractivity contribution in [3.05, 3.63) is 59.7 Å².